The number of rotatable bonds is 12. The van der Waals surface area contributed by atoms with Gasteiger partial charge >= 0.3 is 0 Å². The van der Waals surface area contributed by atoms with Gasteiger partial charge in [0.25, 0.3) is 0 Å². The van der Waals surface area contributed by atoms with E-state index in [1.165, 1.54) is 0 Å². The van der Waals surface area contributed by atoms with Gasteiger partial charge in [-0.1, -0.05) is 133 Å². The maximum Gasteiger partial charge on any atom is 0.134 e. The molecular weight excluding hydrogens is 821 g/mol. The fourth-order valence-electron chi connectivity index (χ4n) is 8.31. The second-order valence-corrected chi connectivity index (χ2v) is 16.0. The van der Waals surface area contributed by atoms with E-state index in [-0.39, 0.29) is 19.8 Å². The highest BCUT2D eigenvalue weighted by atomic mass is 16.5. The average molecular weight is 892 g/mol. The van der Waals surface area contributed by atoms with Crippen LogP contribution < -0.4 is 19.7 Å². The molecule has 3 aromatic heterocycles. The molecule has 2 radical (unpaired) electrons. The number of aryl methyl sites for hydroxylation is 7. The summed E-state index contributed by atoms with van der Waals surface area (Å²) in [6, 6.07) is 17.7. The number of nitrogens with zero attached hydrogens (tertiary/aromatic N) is 9. The van der Waals surface area contributed by atoms with Crippen molar-refractivity contribution < 1.29 is 14.2 Å². The van der Waals surface area contributed by atoms with Gasteiger partial charge in [0.1, 0.15) is 62.0 Å². The predicted octanol–water partition coefficient (Wildman–Crippen LogP) is 10.0. The molecule has 0 saturated heterocycles. The monoisotopic (exact) mass is 892 g/mol. The molecule has 66 heavy (non-hydrogen) atoms. The minimum absolute atomic E-state index is 0.265. The lowest BCUT2D eigenvalue weighted by molar-refractivity contribution is 0.290. The van der Waals surface area contributed by atoms with Crippen molar-refractivity contribution in [3.8, 4) is 17.2 Å². The molecule has 0 aliphatic heterocycles. The SMILES string of the molecule is CC.CC.CC.[B]c1c2cc(C)cc1Cc1cc(C)cc(c1OCc1cn(CC)nn1)Cc1cc(C)cc(c1OCc1cn(CC)nn1)Cc1cc(C)cc(c1OCc1cn(CC)nn1)C2. The molecule has 348 valence electrons. The van der Waals surface area contributed by atoms with Gasteiger partial charge in [-0.25, -0.2) is 0 Å². The predicted molar refractivity (Wildman–Crippen MR) is 265 cm³/mol. The summed E-state index contributed by atoms with van der Waals surface area (Å²) in [6.45, 7) is 29.7. The van der Waals surface area contributed by atoms with E-state index in [0.29, 0.717) is 25.7 Å². The standard InChI is InChI=1S/C47H52BN9O3.3C2H6/c1-8-55-23-41(49-52-55)26-58-45-35-13-30(5)15-37(45)21-39-17-32(7)18-40(47(39)60-28-43-25-57(10-3)54-51-43)22-38-16-31(6)14-36(20-34-12-29(4)11-33(19-35)44(34)48)46(38)59-27-42-24-56(9-2)53-50-42;3*1-2/h11-18,23-25H,8-10,19-22,26-28H2,1-7H3;3*1-2H3. The molecule has 1 aliphatic rings. The molecule has 8 rings (SSSR count). The van der Waals surface area contributed by atoms with E-state index in [2.05, 4.69) is 107 Å². The Morgan fingerprint density at radius 1 is 0.409 bits per heavy atom. The molecule has 0 atom stereocenters. The summed E-state index contributed by atoms with van der Waals surface area (Å²) < 4.78 is 26.0. The highest BCUT2D eigenvalue weighted by Crippen LogP contribution is 2.39. The Kier molecular flexibility index (Phi) is 18.7. The lowest BCUT2D eigenvalue weighted by atomic mass is 9.79. The van der Waals surface area contributed by atoms with Crippen molar-refractivity contribution >= 4 is 13.3 Å². The van der Waals surface area contributed by atoms with Crippen LogP contribution in [0.15, 0.2) is 67.1 Å². The molecule has 0 saturated carbocycles. The number of hydrogen-bond acceptors (Lipinski definition) is 9. The van der Waals surface area contributed by atoms with Crippen LogP contribution in [0.4, 0.5) is 0 Å². The van der Waals surface area contributed by atoms with Crippen LogP contribution in [0.5, 0.6) is 17.2 Å². The largest absolute Gasteiger partial charge is 0.487 e. The Bertz CT molecular complexity index is 2510. The first kappa shape index (κ1) is 50.8. The molecule has 8 bridgehead atoms. The van der Waals surface area contributed by atoms with Gasteiger partial charge in [-0.3, -0.25) is 14.0 Å². The van der Waals surface area contributed by atoms with Gasteiger partial charge in [0.05, 0.1) is 18.6 Å². The second-order valence-electron chi connectivity index (χ2n) is 16.0. The van der Waals surface area contributed by atoms with E-state index in [4.69, 9.17) is 22.1 Å². The molecule has 0 fully saturated rings. The first-order valence-electron chi connectivity index (χ1n) is 23.9. The Morgan fingerprint density at radius 3 is 0.864 bits per heavy atom. The van der Waals surface area contributed by atoms with E-state index >= 15 is 0 Å². The minimum atomic E-state index is 0.265. The highest BCUT2D eigenvalue weighted by Gasteiger charge is 2.23. The van der Waals surface area contributed by atoms with Gasteiger partial charge in [-0.05, 0) is 93.0 Å². The molecule has 12 nitrogen and oxygen atoms in total. The lowest BCUT2D eigenvalue weighted by Gasteiger charge is -2.23. The fraction of sp³-hybridized carbons (Fsp3) is 0.434. The maximum absolute atomic E-state index is 7.19. The molecule has 3 heterocycles. The van der Waals surface area contributed by atoms with E-state index < -0.39 is 0 Å². The summed E-state index contributed by atoms with van der Waals surface area (Å²) in [6.07, 6.45) is 8.09. The Hall–Kier alpha value is -6.24. The summed E-state index contributed by atoms with van der Waals surface area (Å²) >= 11 is 0. The molecule has 0 amide bonds. The van der Waals surface area contributed by atoms with Gasteiger partial charge in [-0.2, -0.15) is 0 Å². The first-order chi connectivity index (χ1) is 32.0. The molecule has 0 spiro atoms. The third kappa shape index (κ3) is 12.6. The van der Waals surface area contributed by atoms with E-state index in [1.807, 2.05) is 94.9 Å². The van der Waals surface area contributed by atoms with Crippen molar-refractivity contribution in [2.24, 2.45) is 0 Å². The van der Waals surface area contributed by atoms with Crippen LogP contribution >= 0.6 is 0 Å². The summed E-state index contributed by atoms with van der Waals surface area (Å²) in [4.78, 5) is 0. The number of aromatic nitrogens is 9. The molecule has 1 aliphatic carbocycles. The van der Waals surface area contributed by atoms with Crippen LogP contribution in [-0.4, -0.2) is 52.8 Å². The maximum atomic E-state index is 7.19. The van der Waals surface area contributed by atoms with Crippen LogP contribution in [-0.2, 0) is 65.1 Å². The Labute approximate surface area is 394 Å². The molecule has 0 N–H and O–H groups in total. The molecule has 4 aromatic carbocycles. The lowest BCUT2D eigenvalue weighted by Crippen LogP contribution is -2.19. The normalized spacial score (nSPS) is 11.6. The number of ether oxygens (including phenoxy) is 3. The van der Waals surface area contributed by atoms with Crippen molar-refractivity contribution in [1.82, 2.24) is 45.0 Å². The van der Waals surface area contributed by atoms with Crippen LogP contribution in [0.25, 0.3) is 0 Å². The van der Waals surface area contributed by atoms with Gasteiger partial charge in [-0.15, -0.1) is 15.3 Å². The second kappa shape index (κ2) is 24.3. The van der Waals surface area contributed by atoms with Gasteiger partial charge in [0, 0.05) is 45.3 Å². The number of hydrogen-bond donors (Lipinski definition) is 0. The zero-order chi connectivity index (χ0) is 47.9. The molecule has 7 aromatic rings. The molecule has 13 heteroatoms. The van der Waals surface area contributed by atoms with Gasteiger partial charge in [0.2, 0.25) is 0 Å². The summed E-state index contributed by atoms with van der Waals surface area (Å²) in [5.41, 5.74) is 16.0. The third-order valence-electron chi connectivity index (χ3n) is 11.0. The van der Waals surface area contributed by atoms with E-state index in [1.54, 1.807) is 0 Å². The Balaban J connectivity index is 0.00000131. The zero-order valence-corrected chi connectivity index (χ0v) is 41.7. The smallest absolute Gasteiger partial charge is 0.134 e. The van der Waals surface area contributed by atoms with Crippen LogP contribution in [0.3, 0.4) is 0 Å². The number of benzene rings is 4. The quantitative estimate of drug-likeness (QED) is 0.110. The number of fused-ring (bicyclic) bond motifs is 8. The summed E-state index contributed by atoms with van der Waals surface area (Å²) in [7, 11) is 7.19. The highest BCUT2D eigenvalue weighted by molar-refractivity contribution is 6.34. The van der Waals surface area contributed by atoms with Crippen molar-refractivity contribution in [1.29, 1.82) is 0 Å². The van der Waals surface area contributed by atoms with Gasteiger partial charge in [0.15, 0.2) is 0 Å². The zero-order valence-electron chi connectivity index (χ0n) is 41.7. The van der Waals surface area contributed by atoms with Crippen molar-refractivity contribution in [2.45, 2.75) is 155 Å². The molecule has 0 unspecified atom stereocenters. The average Bonchev–Trinajstić information content (AvgIpc) is 4.11. The van der Waals surface area contributed by atoms with E-state index in [9.17, 15) is 0 Å². The van der Waals surface area contributed by atoms with E-state index in [0.717, 1.165) is 126 Å². The topological polar surface area (TPSA) is 120 Å². The van der Waals surface area contributed by atoms with Crippen molar-refractivity contribution in [3.05, 3.63) is 151 Å². The van der Waals surface area contributed by atoms with Crippen molar-refractivity contribution in [3.63, 3.8) is 0 Å². The first-order valence-corrected chi connectivity index (χ1v) is 23.9. The van der Waals surface area contributed by atoms with Crippen LogP contribution in [0.1, 0.15) is 146 Å². The van der Waals surface area contributed by atoms with Crippen LogP contribution in [0, 0.1) is 27.7 Å². The van der Waals surface area contributed by atoms with Crippen molar-refractivity contribution in [2.75, 3.05) is 0 Å². The van der Waals surface area contributed by atoms with Crippen LogP contribution in [0.2, 0.25) is 0 Å². The fourth-order valence-corrected chi connectivity index (χ4v) is 8.31. The summed E-state index contributed by atoms with van der Waals surface area (Å²) in [5, 5.41) is 26.0. The molecular formula is C53H70BN9O3. The third-order valence-corrected chi connectivity index (χ3v) is 11.0. The summed E-state index contributed by atoms with van der Waals surface area (Å²) in [5.74, 6) is 2.44. The van der Waals surface area contributed by atoms with Gasteiger partial charge < -0.3 is 14.2 Å². The minimum Gasteiger partial charge on any atom is -0.487 e. The Morgan fingerprint density at radius 2 is 0.636 bits per heavy atom.